The number of carbonyl (C=O) groups is 1. The summed E-state index contributed by atoms with van der Waals surface area (Å²) in [7, 11) is 5.14. The summed E-state index contributed by atoms with van der Waals surface area (Å²) >= 11 is 1.38. The highest BCUT2D eigenvalue weighted by atomic mass is 32.2. The van der Waals surface area contributed by atoms with Crippen LogP contribution in [0.1, 0.15) is 19.2 Å². The van der Waals surface area contributed by atoms with Gasteiger partial charge in [0.15, 0.2) is 5.16 Å². The van der Waals surface area contributed by atoms with Crippen molar-refractivity contribution in [3.05, 3.63) is 5.82 Å². The monoisotopic (exact) mass is 258 g/mol. The minimum absolute atomic E-state index is 0.226. The van der Waals surface area contributed by atoms with E-state index in [4.69, 9.17) is 4.74 Å². The Morgan fingerprint density at radius 3 is 2.82 bits per heavy atom. The molecule has 6 nitrogen and oxygen atoms in total. The maximum Gasteiger partial charge on any atom is 0.319 e. The van der Waals surface area contributed by atoms with Crippen molar-refractivity contribution in [2.24, 2.45) is 7.05 Å². The molecule has 0 aliphatic heterocycles. The minimum atomic E-state index is -0.231. The van der Waals surface area contributed by atoms with Crippen LogP contribution in [0.25, 0.3) is 0 Å². The molecule has 0 aromatic carbocycles. The van der Waals surface area contributed by atoms with Crippen LogP contribution in [0.2, 0.25) is 0 Å². The van der Waals surface area contributed by atoms with Gasteiger partial charge in [-0.05, 0) is 13.5 Å². The van der Waals surface area contributed by atoms with Gasteiger partial charge in [-0.2, -0.15) is 0 Å². The molecule has 1 rings (SSSR count). The second-order valence-electron chi connectivity index (χ2n) is 3.53. The van der Waals surface area contributed by atoms with Gasteiger partial charge < -0.3 is 14.6 Å². The molecule has 96 valence electrons. The number of thioether (sulfide) groups is 1. The maximum absolute atomic E-state index is 11.5. The van der Waals surface area contributed by atoms with Crippen LogP contribution in [0, 0.1) is 0 Å². The average molecular weight is 258 g/mol. The van der Waals surface area contributed by atoms with Gasteiger partial charge in [-0.15, -0.1) is 10.2 Å². The Bertz CT molecular complexity index is 380. The summed E-state index contributed by atoms with van der Waals surface area (Å²) in [5.41, 5.74) is 0. The summed E-state index contributed by atoms with van der Waals surface area (Å²) in [5, 5.41) is 11.6. The van der Waals surface area contributed by atoms with Gasteiger partial charge in [0.05, 0.1) is 13.7 Å². The van der Waals surface area contributed by atoms with Gasteiger partial charge in [0.1, 0.15) is 11.1 Å². The van der Waals surface area contributed by atoms with Crippen LogP contribution in [-0.2, 0) is 23.1 Å². The van der Waals surface area contributed by atoms with E-state index in [-0.39, 0.29) is 11.2 Å². The number of rotatable bonds is 6. The molecule has 0 aliphatic rings. The van der Waals surface area contributed by atoms with Gasteiger partial charge in [-0.3, -0.25) is 4.79 Å². The zero-order chi connectivity index (χ0) is 12.8. The molecule has 0 radical (unpaired) electrons. The molecule has 0 bridgehead atoms. The van der Waals surface area contributed by atoms with Crippen LogP contribution in [-0.4, -0.2) is 40.1 Å². The van der Waals surface area contributed by atoms with Gasteiger partial charge >= 0.3 is 5.97 Å². The molecule has 7 heteroatoms. The summed E-state index contributed by atoms with van der Waals surface area (Å²) in [6, 6.07) is 0. The topological polar surface area (TPSA) is 69.0 Å². The highest BCUT2D eigenvalue weighted by Gasteiger charge is 2.21. The van der Waals surface area contributed by atoms with Crippen molar-refractivity contribution in [3.63, 3.8) is 0 Å². The van der Waals surface area contributed by atoms with Crippen LogP contribution >= 0.6 is 11.8 Å². The van der Waals surface area contributed by atoms with E-state index in [1.54, 1.807) is 0 Å². The van der Waals surface area contributed by atoms with E-state index in [1.807, 2.05) is 25.6 Å². The lowest BCUT2D eigenvalue weighted by Gasteiger charge is -2.11. The summed E-state index contributed by atoms with van der Waals surface area (Å²) in [5.74, 6) is 0.616. The Morgan fingerprint density at radius 2 is 2.29 bits per heavy atom. The maximum atomic E-state index is 11.5. The molecule has 0 saturated carbocycles. The normalized spacial score (nSPS) is 12.5. The second-order valence-corrected chi connectivity index (χ2v) is 4.70. The molecule has 1 unspecified atom stereocenters. The number of esters is 1. The highest BCUT2D eigenvalue weighted by molar-refractivity contribution is 8.00. The number of nitrogens with one attached hydrogen (secondary N) is 1. The van der Waals surface area contributed by atoms with Crippen molar-refractivity contribution < 1.29 is 9.53 Å². The molecule has 1 N–H and O–H groups in total. The molecule has 1 aromatic heterocycles. The predicted octanol–water partition coefficient (Wildman–Crippen LogP) is 0.578. The third-order valence-corrected chi connectivity index (χ3v) is 3.72. The Kier molecular flexibility index (Phi) is 5.43. The number of hydrogen-bond donors (Lipinski definition) is 1. The molecule has 0 spiro atoms. The van der Waals surface area contributed by atoms with E-state index in [0.717, 1.165) is 11.0 Å². The first-order valence-corrected chi connectivity index (χ1v) is 6.29. The van der Waals surface area contributed by atoms with Crippen LogP contribution in [0.4, 0.5) is 0 Å². The van der Waals surface area contributed by atoms with Gasteiger partial charge in [0, 0.05) is 7.05 Å². The van der Waals surface area contributed by atoms with Crippen molar-refractivity contribution in [1.82, 2.24) is 20.1 Å². The molecule has 1 heterocycles. The zero-order valence-corrected chi connectivity index (χ0v) is 11.4. The number of methoxy groups -OCH3 is 1. The third kappa shape index (κ3) is 3.44. The molecule has 0 aliphatic carbocycles. The van der Waals surface area contributed by atoms with Gasteiger partial charge in [0.25, 0.3) is 0 Å². The van der Waals surface area contributed by atoms with Crippen LogP contribution in [0.5, 0.6) is 0 Å². The minimum Gasteiger partial charge on any atom is -0.468 e. The SMILES string of the molecule is CCC(Sc1nnc(CNC)n1C)C(=O)OC. The molecular weight excluding hydrogens is 240 g/mol. The summed E-state index contributed by atoms with van der Waals surface area (Å²) in [4.78, 5) is 11.5. The highest BCUT2D eigenvalue weighted by Crippen LogP contribution is 2.24. The first kappa shape index (κ1) is 14.0. The number of carbonyl (C=O) groups excluding carboxylic acids is 1. The lowest BCUT2D eigenvalue weighted by atomic mass is 10.3. The third-order valence-electron chi connectivity index (χ3n) is 2.34. The van der Waals surface area contributed by atoms with Gasteiger partial charge in [-0.25, -0.2) is 0 Å². The smallest absolute Gasteiger partial charge is 0.319 e. The van der Waals surface area contributed by atoms with Crippen LogP contribution in [0.15, 0.2) is 5.16 Å². The van der Waals surface area contributed by atoms with Crippen molar-refractivity contribution in [1.29, 1.82) is 0 Å². The van der Waals surface area contributed by atoms with Crippen molar-refractivity contribution >= 4 is 17.7 Å². The largest absolute Gasteiger partial charge is 0.468 e. The van der Waals surface area contributed by atoms with E-state index in [0.29, 0.717) is 13.0 Å². The first-order chi connectivity index (χ1) is 8.13. The van der Waals surface area contributed by atoms with Gasteiger partial charge in [-0.1, -0.05) is 18.7 Å². The molecular formula is C10H18N4O2S. The summed E-state index contributed by atoms with van der Waals surface area (Å²) in [6.07, 6.45) is 0.700. The van der Waals surface area contributed by atoms with Crippen molar-refractivity contribution in [3.8, 4) is 0 Å². The lowest BCUT2D eigenvalue weighted by molar-refractivity contribution is -0.140. The van der Waals surface area contributed by atoms with E-state index in [2.05, 4.69) is 15.5 Å². The predicted molar refractivity (Wildman–Crippen MR) is 65.7 cm³/mol. The Labute approximate surface area is 105 Å². The van der Waals surface area contributed by atoms with E-state index in [9.17, 15) is 4.79 Å². The fourth-order valence-electron chi connectivity index (χ4n) is 1.32. The zero-order valence-electron chi connectivity index (χ0n) is 10.6. The quantitative estimate of drug-likeness (QED) is 0.594. The van der Waals surface area contributed by atoms with Crippen LogP contribution < -0.4 is 5.32 Å². The molecule has 0 saturated heterocycles. The molecule has 0 fully saturated rings. The Balaban J connectivity index is 2.76. The number of nitrogens with zero attached hydrogens (tertiary/aromatic N) is 3. The molecule has 17 heavy (non-hydrogen) atoms. The lowest BCUT2D eigenvalue weighted by Crippen LogP contribution is -2.18. The fraction of sp³-hybridized carbons (Fsp3) is 0.700. The Morgan fingerprint density at radius 1 is 1.59 bits per heavy atom. The number of aromatic nitrogens is 3. The molecule has 0 amide bonds. The molecule has 1 aromatic rings. The van der Waals surface area contributed by atoms with Gasteiger partial charge in [0.2, 0.25) is 0 Å². The standard InChI is InChI=1S/C10H18N4O2S/c1-5-7(9(15)16-4)17-10-13-12-8(6-11-2)14(10)3/h7,11H,5-6H2,1-4H3. The van der Waals surface area contributed by atoms with Crippen molar-refractivity contribution in [2.45, 2.75) is 30.3 Å². The average Bonchev–Trinajstić information content (AvgIpc) is 2.68. The summed E-state index contributed by atoms with van der Waals surface area (Å²) < 4.78 is 6.62. The van der Waals surface area contributed by atoms with E-state index in [1.165, 1.54) is 18.9 Å². The summed E-state index contributed by atoms with van der Waals surface area (Å²) in [6.45, 7) is 2.60. The van der Waals surface area contributed by atoms with Crippen molar-refractivity contribution in [2.75, 3.05) is 14.2 Å². The van der Waals surface area contributed by atoms with Crippen LogP contribution in [0.3, 0.4) is 0 Å². The molecule has 1 atom stereocenters. The van der Waals surface area contributed by atoms with E-state index >= 15 is 0 Å². The number of hydrogen-bond acceptors (Lipinski definition) is 6. The van der Waals surface area contributed by atoms with E-state index < -0.39 is 0 Å². The number of ether oxygens (including phenoxy) is 1. The first-order valence-electron chi connectivity index (χ1n) is 5.41. The second kappa shape index (κ2) is 6.61. The fourth-order valence-corrected chi connectivity index (χ4v) is 2.28. The Hall–Kier alpha value is -1.08.